The second kappa shape index (κ2) is 8.94. The highest BCUT2D eigenvalue weighted by atomic mass is 16.5. The third kappa shape index (κ3) is 5.25. The van der Waals surface area contributed by atoms with Crippen LogP contribution in [0.2, 0.25) is 0 Å². The molecule has 4 nitrogen and oxygen atoms in total. The molecule has 2 unspecified atom stereocenters. The van der Waals surface area contributed by atoms with Gasteiger partial charge < -0.3 is 14.8 Å². The molecule has 0 aromatic heterocycles. The molecule has 2 rings (SSSR count). The van der Waals surface area contributed by atoms with Crippen LogP contribution in [0.5, 0.6) is 11.5 Å². The van der Waals surface area contributed by atoms with Gasteiger partial charge in [-0.1, -0.05) is 26.0 Å². The van der Waals surface area contributed by atoms with Gasteiger partial charge in [0.15, 0.2) is 6.10 Å². The van der Waals surface area contributed by atoms with Crippen molar-refractivity contribution in [3.05, 3.63) is 58.7 Å². The molecule has 0 aliphatic heterocycles. The molecule has 2 aromatic carbocycles. The number of methoxy groups -OCH3 is 1. The van der Waals surface area contributed by atoms with Crippen LogP contribution in [0.3, 0.4) is 0 Å². The van der Waals surface area contributed by atoms with Crippen LogP contribution in [-0.2, 0) is 4.79 Å². The number of hydrogen-bond donors (Lipinski definition) is 1. The minimum atomic E-state index is -0.572. The van der Waals surface area contributed by atoms with Crippen molar-refractivity contribution in [1.29, 1.82) is 0 Å². The van der Waals surface area contributed by atoms with E-state index in [9.17, 15) is 4.79 Å². The summed E-state index contributed by atoms with van der Waals surface area (Å²) in [6.45, 7) is 12.1. The number of rotatable bonds is 7. The normalized spacial score (nSPS) is 13.2. The first-order valence-corrected chi connectivity index (χ1v) is 9.45. The van der Waals surface area contributed by atoms with E-state index >= 15 is 0 Å². The number of hydrogen-bond acceptors (Lipinski definition) is 3. The van der Waals surface area contributed by atoms with E-state index in [1.54, 1.807) is 14.0 Å². The van der Waals surface area contributed by atoms with Crippen molar-refractivity contribution in [2.24, 2.45) is 0 Å². The Morgan fingerprint density at radius 2 is 1.70 bits per heavy atom. The lowest BCUT2D eigenvalue weighted by Gasteiger charge is -2.23. The Bertz CT molecular complexity index is 798. The van der Waals surface area contributed by atoms with Crippen molar-refractivity contribution in [2.75, 3.05) is 7.11 Å². The maximum absolute atomic E-state index is 12.6. The third-order valence-electron chi connectivity index (χ3n) is 4.74. The van der Waals surface area contributed by atoms with Gasteiger partial charge in [0, 0.05) is 0 Å². The van der Waals surface area contributed by atoms with Gasteiger partial charge in [-0.3, -0.25) is 4.79 Å². The summed E-state index contributed by atoms with van der Waals surface area (Å²) < 4.78 is 11.3. The van der Waals surface area contributed by atoms with Crippen molar-refractivity contribution in [3.8, 4) is 11.5 Å². The number of carbonyl (C=O) groups is 1. The van der Waals surface area contributed by atoms with Gasteiger partial charge in [0.05, 0.1) is 13.2 Å². The molecular weight excluding hydrogens is 338 g/mol. The van der Waals surface area contributed by atoms with E-state index < -0.39 is 6.10 Å². The van der Waals surface area contributed by atoms with Crippen LogP contribution in [0.1, 0.15) is 61.9 Å². The molecule has 0 radical (unpaired) electrons. The van der Waals surface area contributed by atoms with Gasteiger partial charge in [0.25, 0.3) is 5.91 Å². The number of aryl methyl sites for hydroxylation is 2. The summed E-state index contributed by atoms with van der Waals surface area (Å²) in [7, 11) is 1.69. The molecule has 4 heteroatoms. The molecule has 0 aliphatic carbocycles. The average Bonchev–Trinajstić information content (AvgIpc) is 2.60. The molecule has 1 N–H and O–H groups in total. The van der Waals surface area contributed by atoms with E-state index in [4.69, 9.17) is 9.47 Å². The second-order valence-electron chi connectivity index (χ2n) is 7.41. The van der Waals surface area contributed by atoms with Gasteiger partial charge in [0.1, 0.15) is 11.5 Å². The van der Waals surface area contributed by atoms with Crippen LogP contribution < -0.4 is 14.8 Å². The minimum Gasteiger partial charge on any atom is -0.496 e. The Morgan fingerprint density at radius 3 is 2.30 bits per heavy atom. The first-order chi connectivity index (χ1) is 12.7. The molecule has 2 atom stereocenters. The Morgan fingerprint density at radius 1 is 1.00 bits per heavy atom. The molecule has 0 saturated heterocycles. The number of amides is 1. The standard InChI is InChI=1S/C23H31NO3/c1-14(2)20-13-21(16(4)12-22(20)26-7)17(5)24-23(25)18(6)27-19-10-8-9-15(3)11-19/h8-14,17-18H,1-7H3,(H,24,25). The van der Waals surface area contributed by atoms with Crippen molar-refractivity contribution in [1.82, 2.24) is 5.32 Å². The fourth-order valence-corrected chi connectivity index (χ4v) is 3.17. The highest BCUT2D eigenvalue weighted by molar-refractivity contribution is 5.81. The molecule has 0 spiro atoms. The van der Waals surface area contributed by atoms with Gasteiger partial charge in [-0.25, -0.2) is 0 Å². The number of ether oxygens (including phenoxy) is 2. The van der Waals surface area contributed by atoms with Crippen LogP contribution >= 0.6 is 0 Å². The monoisotopic (exact) mass is 369 g/mol. The smallest absolute Gasteiger partial charge is 0.261 e. The van der Waals surface area contributed by atoms with Crippen LogP contribution in [0.4, 0.5) is 0 Å². The first-order valence-electron chi connectivity index (χ1n) is 9.45. The van der Waals surface area contributed by atoms with Crippen molar-refractivity contribution < 1.29 is 14.3 Å². The molecule has 146 valence electrons. The summed E-state index contributed by atoms with van der Waals surface area (Å²) in [6.07, 6.45) is -0.572. The molecule has 2 aromatic rings. The SMILES string of the molecule is COc1cc(C)c(C(C)NC(=O)C(C)Oc2cccc(C)c2)cc1C(C)C. The Labute approximate surface area is 162 Å². The zero-order valence-corrected chi connectivity index (χ0v) is 17.4. The predicted molar refractivity (Wildman–Crippen MR) is 110 cm³/mol. The molecule has 27 heavy (non-hydrogen) atoms. The molecular formula is C23H31NO3. The molecule has 0 saturated carbocycles. The topological polar surface area (TPSA) is 47.6 Å². The minimum absolute atomic E-state index is 0.121. The average molecular weight is 370 g/mol. The maximum Gasteiger partial charge on any atom is 0.261 e. The second-order valence-corrected chi connectivity index (χ2v) is 7.41. The number of benzene rings is 2. The largest absolute Gasteiger partial charge is 0.496 e. The van der Waals surface area contributed by atoms with Crippen LogP contribution in [-0.4, -0.2) is 19.1 Å². The van der Waals surface area contributed by atoms with Gasteiger partial charge in [-0.2, -0.15) is 0 Å². The fraction of sp³-hybridized carbons (Fsp3) is 0.435. The van der Waals surface area contributed by atoms with E-state index in [1.165, 1.54) is 0 Å². The maximum atomic E-state index is 12.6. The summed E-state index contributed by atoms with van der Waals surface area (Å²) in [6, 6.07) is 11.8. The van der Waals surface area contributed by atoms with E-state index in [2.05, 4.69) is 25.2 Å². The molecule has 0 fully saturated rings. The highest BCUT2D eigenvalue weighted by Crippen LogP contribution is 2.32. The summed E-state index contributed by atoms with van der Waals surface area (Å²) in [5.74, 6) is 1.80. The van der Waals surface area contributed by atoms with E-state index in [0.717, 1.165) is 28.0 Å². The fourth-order valence-electron chi connectivity index (χ4n) is 3.17. The van der Waals surface area contributed by atoms with E-state index in [-0.39, 0.29) is 11.9 Å². The summed E-state index contributed by atoms with van der Waals surface area (Å²) in [4.78, 5) is 12.6. The van der Waals surface area contributed by atoms with Gasteiger partial charge in [-0.15, -0.1) is 0 Å². The van der Waals surface area contributed by atoms with Gasteiger partial charge in [-0.05, 0) is 80.1 Å². The van der Waals surface area contributed by atoms with Crippen LogP contribution in [0.25, 0.3) is 0 Å². The number of carbonyl (C=O) groups excluding carboxylic acids is 1. The number of nitrogens with one attached hydrogen (secondary N) is 1. The Balaban J connectivity index is 2.12. The molecule has 0 aliphatic rings. The zero-order valence-electron chi connectivity index (χ0n) is 17.4. The first kappa shape index (κ1) is 20.8. The Kier molecular flexibility index (Phi) is 6.89. The lowest BCUT2D eigenvalue weighted by atomic mass is 9.93. The van der Waals surface area contributed by atoms with Crippen LogP contribution in [0, 0.1) is 13.8 Å². The third-order valence-corrected chi connectivity index (χ3v) is 4.74. The van der Waals surface area contributed by atoms with E-state index in [1.807, 2.05) is 51.1 Å². The van der Waals surface area contributed by atoms with Crippen molar-refractivity contribution >= 4 is 5.91 Å². The lowest BCUT2D eigenvalue weighted by Crippen LogP contribution is -2.38. The van der Waals surface area contributed by atoms with E-state index in [0.29, 0.717) is 11.7 Å². The van der Waals surface area contributed by atoms with Crippen molar-refractivity contribution in [3.63, 3.8) is 0 Å². The van der Waals surface area contributed by atoms with Gasteiger partial charge >= 0.3 is 0 Å². The quantitative estimate of drug-likeness (QED) is 0.740. The summed E-state index contributed by atoms with van der Waals surface area (Å²) in [5, 5.41) is 3.07. The lowest BCUT2D eigenvalue weighted by molar-refractivity contribution is -0.127. The zero-order chi connectivity index (χ0) is 20.1. The summed E-state index contributed by atoms with van der Waals surface area (Å²) >= 11 is 0. The Hall–Kier alpha value is -2.49. The summed E-state index contributed by atoms with van der Waals surface area (Å²) in [5.41, 5.74) is 4.43. The van der Waals surface area contributed by atoms with Crippen LogP contribution in [0.15, 0.2) is 36.4 Å². The highest BCUT2D eigenvalue weighted by Gasteiger charge is 2.20. The van der Waals surface area contributed by atoms with Gasteiger partial charge in [0.2, 0.25) is 0 Å². The molecule has 0 heterocycles. The molecule has 0 bridgehead atoms. The molecule has 1 amide bonds. The van der Waals surface area contributed by atoms with Crippen molar-refractivity contribution in [2.45, 2.75) is 59.6 Å². The predicted octanol–water partition coefficient (Wildman–Crippen LogP) is 5.08.